The van der Waals surface area contributed by atoms with Crippen molar-refractivity contribution < 1.29 is 27.1 Å². The van der Waals surface area contributed by atoms with Gasteiger partial charge in [0.25, 0.3) is 0 Å². The molecule has 2 N–H and O–H groups in total. The van der Waals surface area contributed by atoms with Gasteiger partial charge < -0.3 is 18.8 Å². The van der Waals surface area contributed by atoms with Crippen molar-refractivity contribution in [1.82, 2.24) is 14.3 Å². The molecule has 3 heterocycles. The van der Waals surface area contributed by atoms with Gasteiger partial charge in [-0.25, -0.2) is 27.7 Å². The maximum atomic E-state index is 15.2. The SMILES string of the molecule is COC(=O)N1CCO[C@@H](Cc2c(-c3c(F)cc(S(N)(=O)=O)cc3Cl)nc3cc(C)ccn23)C1. The Bertz CT molecular complexity index is 1320. The molecule has 33 heavy (non-hydrogen) atoms. The van der Waals surface area contributed by atoms with Crippen LogP contribution < -0.4 is 5.14 Å². The van der Waals surface area contributed by atoms with E-state index in [1.807, 2.05) is 25.3 Å². The molecule has 4 rings (SSSR count). The summed E-state index contributed by atoms with van der Waals surface area (Å²) in [5.41, 5.74) is 2.33. The molecule has 0 unspecified atom stereocenters. The second-order valence-electron chi connectivity index (χ2n) is 7.76. The number of carbonyl (C=O) groups excluding carboxylic acids is 1. The minimum absolute atomic E-state index is 0.0407. The highest BCUT2D eigenvalue weighted by atomic mass is 35.5. The van der Waals surface area contributed by atoms with E-state index in [-0.39, 0.29) is 22.8 Å². The Labute approximate surface area is 194 Å². The predicted molar refractivity (Wildman–Crippen MR) is 119 cm³/mol. The second kappa shape index (κ2) is 8.90. The number of hydrogen-bond donors (Lipinski definition) is 1. The first kappa shape index (κ1) is 23.4. The molecule has 0 aliphatic carbocycles. The summed E-state index contributed by atoms with van der Waals surface area (Å²) in [5.74, 6) is -0.867. The van der Waals surface area contributed by atoms with E-state index in [0.717, 1.165) is 17.7 Å². The van der Waals surface area contributed by atoms with Crippen molar-refractivity contribution in [3.8, 4) is 11.3 Å². The van der Waals surface area contributed by atoms with Crippen molar-refractivity contribution in [3.05, 3.63) is 52.6 Å². The monoisotopic (exact) mass is 496 g/mol. The fraction of sp³-hybridized carbons (Fsp3) is 0.333. The van der Waals surface area contributed by atoms with E-state index in [1.54, 1.807) is 4.40 Å². The summed E-state index contributed by atoms with van der Waals surface area (Å²) in [4.78, 5) is 17.7. The number of morpholine rings is 1. The van der Waals surface area contributed by atoms with Crippen molar-refractivity contribution in [1.29, 1.82) is 0 Å². The first-order chi connectivity index (χ1) is 15.6. The lowest BCUT2D eigenvalue weighted by Gasteiger charge is -2.32. The molecule has 1 aromatic carbocycles. The van der Waals surface area contributed by atoms with E-state index in [2.05, 4.69) is 4.98 Å². The smallest absolute Gasteiger partial charge is 0.409 e. The third-order valence-electron chi connectivity index (χ3n) is 5.45. The van der Waals surface area contributed by atoms with Gasteiger partial charge in [-0.2, -0.15) is 0 Å². The van der Waals surface area contributed by atoms with E-state index in [1.165, 1.54) is 12.0 Å². The van der Waals surface area contributed by atoms with Gasteiger partial charge in [-0.15, -0.1) is 0 Å². The third-order valence-corrected chi connectivity index (χ3v) is 6.65. The Balaban J connectivity index is 1.82. The number of ether oxygens (including phenoxy) is 2. The van der Waals surface area contributed by atoms with Gasteiger partial charge in [0, 0.05) is 19.2 Å². The van der Waals surface area contributed by atoms with Crippen molar-refractivity contribution in [2.24, 2.45) is 5.14 Å². The molecular weight excluding hydrogens is 475 g/mol. The van der Waals surface area contributed by atoms with Crippen molar-refractivity contribution in [2.45, 2.75) is 24.3 Å². The zero-order valence-electron chi connectivity index (χ0n) is 17.9. The van der Waals surface area contributed by atoms with Crippen LogP contribution in [0.3, 0.4) is 0 Å². The van der Waals surface area contributed by atoms with Gasteiger partial charge in [0.05, 0.1) is 53.2 Å². The number of aryl methyl sites for hydroxylation is 1. The number of imidazole rings is 1. The highest BCUT2D eigenvalue weighted by molar-refractivity contribution is 7.89. The van der Waals surface area contributed by atoms with Gasteiger partial charge >= 0.3 is 6.09 Å². The lowest BCUT2D eigenvalue weighted by atomic mass is 10.0. The predicted octanol–water partition coefficient (Wildman–Crippen LogP) is 2.76. The van der Waals surface area contributed by atoms with Crippen LogP contribution in [0.15, 0.2) is 35.4 Å². The second-order valence-corrected chi connectivity index (χ2v) is 9.73. The van der Waals surface area contributed by atoms with Crippen molar-refractivity contribution in [2.75, 3.05) is 26.8 Å². The number of primary sulfonamides is 1. The first-order valence-corrected chi connectivity index (χ1v) is 11.9. The van der Waals surface area contributed by atoms with E-state index < -0.39 is 32.9 Å². The maximum absolute atomic E-state index is 15.2. The zero-order chi connectivity index (χ0) is 23.9. The Hall–Kier alpha value is -2.73. The quantitative estimate of drug-likeness (QED) is 0.593. The van der Waals surface area contributed by atoms with Crippen LogP contribution >= 0.6 is 11.6 Å². The number of amides is 1. The molecule has 1 fully saturated rings. The van der Waals surface area contributed by atoms with Crippen LogP contribution in [0.25, 0.3) is 16.9 Å². The Morgan fingerprint density at radius 1 is 1.39 bits per heavy atom. The molecule has 12 heteroatoms. The molecule has 0 bridgehead atoms. The normalized spacial score (nSPS) is 16.9. The summed E-state index contributed by atoms with van der Waals surface area (Å²) >= 11 is 6.32. The zero-order valence-corrected chi connectivity index (χ0v) is 19.5. The topological polar surface area (TPSA) is 116 Å². The number of fused-ring (bicyclic) bond motifs is 1. The summed E-state index contributed by atoms with van der Waals surface area (Å²) in [7, 11) is -2.83. The summed E-state index contributed by atoms with van der Waals surface area (Å²) < 4.78 is 51.0. The van der Waals surface area contributed by atoms with Crippen LogP contribution in [0.2, 0.25) is 5.02 Å². The number of nitrogens with zero attached hydrogens (tertiary/aromatic N) is 3. The lowest BCUT2D eigenvalue weighted by Crippen LogP contribution is -2.46. The minimum atomic E-state index is -4.15. The van der Waals surface area contributed by atoms with E-state index in [9.17, 15) is 13.2 Å². The van der Waals surface area contributed by atoms with Crippen molar-refractivity contribution >= 4 is 33.4 Å². The minimum Gasteiger partial charge on any atom is -0.453 e. The molecule has 1 amide bonds. The number of sulfonamides is 1. The van der Waals surface area contributed by atoms with Gasteiger partial charge in [-0.05, 0) is 36.8 Å². The number of methoxy groups -OCH3 is 1. The molecule has 1 aliphatic heterocycles. The summed E-state index contributed by atoms with van der Waals surface area (Å²) in [6.45, 7) is 2.91. The molecule has 176 valence electrons. The molecule has 1 saturated heterocycles. The standard InChI is InChI=1S/C21H22ClFN4O5S/c1-12-3-4-27-17(8-13-11-26(5-6-32-13)21(28)31-2)20(25-18(27)7-12)19-15(22)9-14(10-16(19)23)33(24,29)30/h3-4,7,9-10,13H,5-6,8,11H2,1-2H3,(H2,24,29,30)/t13-/m0/s1. The number of pyridine rings is 1. The number of benzene rings is 1. The molecular formula is C21H22ClFN4O5S. The van der Waals surface area contributed by atoms with E-state index >= 15 is 4.39 Å². The van der Waals surface area contributed by atoms with Crippen molar-refractivity contribution in [3.63, 3.8) is 0 Å². The summed E-state index contributed by atoms with van der Waals surface area (Å²) in [6.07, 6.45) is 1.25. The lowest BCUT2D eigenvalue weighted by molar-refractivity contribution is -0.0241. The molecule has 3 aromatic rings. The fourth-order valence-corrected chi connectivity index (χ4v) is 4.80. The van der Waals surface area contributed by atoms with Crippen LogP contribution in [-0.4, -0.2) is 61.7 Å². The summed E-state index contributed by atoms with van der Waals surface area (Å²) in [5, 5.41) is 4.99. The highest BCUT2D eigenvalue weighted by Gasteiger charge is 2.29. The fourth-order valence-electron chi connectivity index (χ4n) is 3.89. The van der Waals surface area contributed by atoms with Crippen LogP contribution in [-0.2, 0) is 25.9 Å². The van der Waals surface area contributed by atoms with E-state index in [0.29, 0.717) is 30.9 Å². The molecule has 1 aliphatic rings. The Morgan fingerprint density at radius 3 is 2.82 bits per heavy atom. The van der Waals surface area contributed by atoms with Gasteiger partial charge in [-0.1, -0.05) is 11.6 Å². The number of aromatic nitrogens is 2. The van der Waals surface area contributed by atoms with Gasteiger partial charge in [0.2, 0.25) is 10.0 Å². The van der Waals surface area contributed by atoms with Gasteiger partial charge in [0.1, 0.15) is 11.5 Å². The van der Waals surface area contributed by atoms with Crippen LogP contribution in [0.4, 0.5) is 9.18 Å². The highest BCUT2D eigenvalue weighted by Crippen LogP contribution is 2.36. The van der Waals surface area contributed by atoms with E-state index in [4.69, 9.17) is 26.2 Å². The third kappa shape index (κ3) is 4.67. The number of hydrogen-bond acceptors (Lipinski definition) is 6. The average molecular weight is 497 g/mol. The Morgan fingerprint density at radius 2 is 2.15 bits per heavy atom. The molecule has 2 aromatic heterocycles. The van der Waals surface area contributed by atoms with Crippen LogP contribution in [0.1, 0.15) is 11.3 Å². The summed E-state index contributed by atoms with van der Waals surface area (Å²) in [6, 6.07) is 5.64. The Kier molecular flexibility index (Phi) is 6.32. The molecule has 0 radical (unpaired) electrons. The van der Waals surface area contributed by atoms with Crippen LogP contribution in [0, 0.1) is 12.7 Å². The molecule has 0 saturated carbocycles. The number of halogens is 2. The number of nitrogens with two attached hydrogens (primary N) is 1. The van der Waals surface area contributed by atoms with Gasteiger partial charge in [-0.3, -0.25) is 0 Å². The van der Waals surface area contributed by atoms with Crippen LogP contribution in [0.5, 0.6) is 0 Å². The van der Waals surface area contributed by atoms with Gasteiger partial charge in [0.15, 0.2) is 0 Å². The largest absolute Gasteiger partial charge is 0.453 e. The molecule has 1 atom stereocenters. The number of carbonyl (C=O) groups is 1. The molecule has 0 spiro atoms. The first-order valence-electron chi connectivity index (χ1n) is 10.0. The number of rotatable bonds is 4. The molecule has 9 nitrogen and oxygen atoms in total. The maximum Gasteiger partial charge on any atom is 0.409 e. The average Bonchev–Trinajstić information content (AvgIpc) is 3.09.